The van der Waals surface area contributed by atoms with E-state index >= 15 is 0 Å². The number of ether oxygens (including phenoxy) is 2. The Morgan fingerprint density at radius 1 is 0.562 bits per heavy atom. The van der Waals surface area contributed by atoms with Gasteiger partial charge in [-0.2, -0.15) is 0 Å². The van der Waals surface area contributed by atoms with Crippen molar-refractivity contribution >= 4 is 33.9 Å². The molecule has 0 amide bonds. The molecule has 0 radical (unpaired) electrons. The van der Waals surface area contributed by atoms with Crippen LogP contribution in [0.5, 0.6) is 0 Å². The second kappa shape index (κ2) is 10.2. The number of hydrogen-bond acceptors (Lipinski definition) is 4. The molecule has 2 aromatic carbocycles. The summed E-state index contributed by atoms with van der Waals surface area (Å²) in [6.45, 7) is 5.53. The summed E-state index contributed by atoms with van der Waals surface area (Å²) < 4.78 is 12.1. The highest BCUT2D eigenvalue weighted by molar-refractivity contribution is 6.28. The van der Waals surface area contributed by atoms with Crippen LogP contribution < -0.4 is 0 Å². The van der Waals surface area contributed by atoms with E-state index in [2.05, 4.69) is 13.8 Å². The monoisotopic (exact) mass is 432 g/mol. The molecule has 0 fully saturated rings. The first-order valence-electron chi connectivity index (χ1n) is 12.0. The highest BCUT2D eigenvalue weighted by atomic mass is 16.5. The molecular formula is C28H32O4. The minimum absolute atomic E-state index is 0.0752. The van der Waals surface area contributed by atoms with Gasteiger partial charge >= 0.3 is 0 Å². The van der Waals surface area contributed by atoms with Crippen LogP contribution in [0.4, 0.5) is 0 Å². The minimum atomic E-state index is -0.0752. The molecule has 2 aliphatic rings. The lowest BCUT2D eigenvalue weighted by molar-refractivity contribution is 0.103. The van der Waals surface area contributed by atoms with Crippen molar-refractivity contribution in [1.29, 1.82) is 0 Å². The molecule has 0 heterocycles. The highest BCUT2D eigenvalue weighted by Gasteiger charge is 2.29. The van der Waals surface area contributed by atoms with E-state index in [1.54, 1.807) is 24.3 Å². The van der Waals surface area contributed by atoms with E-state index in [0.29, 0.717) is 35.9 Å². The molecule has 2 aromatic rings. The summed E-state index contributed by atoms with van der Waals surface area (Å²) in [6, 6.07) is 7.53. The van der Waals surface area contributed by atoms with Gasteiger partial charge in [-0.25, -0.2) is 0 Å². The molecule has 4 rings (SSSR count). The molecule has 168 valence electrons. The molecule has 0 saturated heterocycles. The molecule has 0 spiro atoms. The maximum atomic E-state index is 12.9. The van der Waals surface area contributed by atoms with Gasteiger partial charge in [0.15, 0.2) is 11.6 Å². The molecule has 0 saturated carbocycles. The van der Waals surface area contributed by atoms with Crippen molar-refractivity contribution in [3.05, 3.63) is 58.7 Å². The predicted molar refractivity (Wildman–Crippen MR) is 129 cm³/mol. The SMILES string of the molecule is CCCCCCOC1=CC(=O)c2ccc3c4c(ccc1c24)C(OCCCCCC)=CC3=O. The van der Waals surface area contributed by atoms with Gasteiger partial charge in [-0.3, -0.25) is 9.59 Å². The number of allylic oxidation sites excluding steroid dienone is 2. The van der Waals surface area contributed by atoms with Crippen LogP contribution >= 0.6 is 0 Å². The van der Waals surface area contributed by atoms with Gasteiger partial charge in [0.1, 0.15) is 11.5 Å². The van der Waals surface area contributed by atoms with E-state index in [-0.39, 0.29) is 11.6 Å². The van der Waals surface area contributed by atoms with Gasteiger partial charge in [0.2, 0.25) is 0 Å². The molecule has 0 aromatic heterocycles. The molecule has 4 nitrogen and oxygen atoms in total. The summed E-state index contributed by atoms with van der Waals surface area (Å²) >= 11 is 0. The topological polar surface area (TPSA) is 52.6 Å². The summed E-state index contributed by atoms with van der Waals surface area (Å²) in [6.07, 6.45) is 12.0. The molecular weight excluding hydrogens is 400 g/mol. The van der Waals surface area contributed by atoms with Gasteiger partial charge in [-0.15, -0.1) is 0 Å². The average Bonchev–Trinajstić information content (AvgIpc) is 2.80. The summed E-state index contributed by atoms with van der Waals surface area (Å²) in [4.78, 5) is 25.8. The zero-order chi connectivity index (χ0) is 22.5. The Morgan fingerprint density at radius 2 is 0.969 bits per heavy atom. The van der Waals surface area contributed by atoms with Gasteiger partial charge in [0, 0.05) is 45.2 Å². The highest BCUT2D eigenvalue weighted by Crippen LogP contribution is 2.41. The standard InChI is InChI=1S/C28H32O4/c1-3-5-7-9-15-31-25-17-23(29)19-11-12-20-24(30)18-26(32-16-10-8-6-4-2)22-14-13-21(25)27(19)28(20)22/h11-14,17-18H,3-10,15-16H2,1-2H3. The Hall–Kier alpha value is -2.88. The van der Waals surface area contributed by atoms with Gasteiger partial charge < -0.3 is 9.47 Å². The van der Waals surface area contributed by atoms with Crippen LogP contribution in [-0.4, -0.2) is 24.8 Å². The van der Waals surface area contributed by atoms with Gasteiger partial charge in [0.05, 0.1) is 13.2 Å². The van der Waals surface area contributed by atoms with Gasteiger partial charge in [0.25, 0.3) is 0 Å². The lowest BCUT2D eigenvalue weighted by atomic mass is 9.83. The number of carbonyl (C=O) groups excluding carboxylic acids is 2. The minimum Gasteiger partial charge on any atom is -0.493 e. The number of carbonyl (C=O) groups is 2. The smallest absolute Gasteiger partial charge is 0.190 e. The van der Waals surface area contributed by atoms with E-state index < -0.39 is 0 Å². The van der Waals surface area contributed by atoms with E-state index in [1.165, 1.54) is 25.7 Å². The van der Waals surface area contributed by atoms with Crippen molar-refractivity contribution in [2.75, 3.05) is 13.2 Å². The molecule has 2 aliphatic carbocycles. The fourth-order valence-electron chi connectivity index (χ4n) is 4.53. The van der Waals surface area contributed by atoms with Crippen LogP contribution in [0.25, 0.3) is 22.3 Å². The largest absolute Gasteiger partial charge is 0.493 e. The number of hydrogen-bond donors (Lipinski definition) is 0. The molecule has 0 aliphatic heterocycles. The fourth-order valence-corrected chi connectivity index (χ4v) is 4.53. The summed E-state index contributed by atoms with van der Waals surface area (Å²) in [5.74, 6) is 1.06. The third kappa shape index (κ3) is 4.36. The van der Waals surface area contributed by atoms with E-state index in [4.69, 9.17) is 9.47 Å². The van der Waals surface area contributed by atoms with Crippen LogP contribution in [0, 0.1) is 0 Å². The van der Waals surface area contributed by atoms with Crippen LogP contribution in [0.3, 0.4) is 0 Å². The van der Waals surface area contributed by atoms with Crippen molar-refractivity contribution in [1.82, 2.24) is 0 Å². The quantitative estimate of drug-likeness (QED) is 0.335. The van der Waals surface area contributed by atoms with Gasteiger partial charge in [-0.05, 0) is 37.1 Å². The zero-order valence-electron chi connectivity index (χ0n) is 19.2. The van der Waals surface area contributed by atoms with Crippen molar-refractivity contribution in [3.63, 3.8) is 0 Å². The van der Waals surface area contributed by atoms with E-state index in [1.807, 2.05) is 12.1 Å². The Balaban J connectivity index is 1.65. The summed E-state index contributed by atoms with van der Waals surface area (Å²) in [7, 11) is 0. The Kier molecular flexibility index (Phi) is 7.09. The normalized spacial score (nSPS) is 14.4. The van der Waals surface area contributed by atoms with E-state index in [9.17, 15) is 9.59 Å². The average molecular weight is 433 g/mol. The second-order valence-corrected chi connectivity index (χ2v) is 8.64. The van der Waals surface area contributed by atoms with E-state index in [0.717, 1.165) is 47.6 Å². The van der Waals surface area contributed by atoms with Crippen LogP contribution in [0.2, 0.25) is 0 Å². The predicted octanol–water partition coefficient (Wildman–Crippen LogP) is 7.11. The first-order valence-corrected chi connectivity index (χ1v) is 12.0. The first-order chi connectivity index (χ1) is 15.7. The maximum Gasteiger partial charge on any atom is 0.190 e. The Bertz CT molecular complexity index is 1000. The van der Waals surface area contributed by atoms with Crippen LogP contribution in [0.15, 0.2) is 36.4 Å². The lowest BCUT2D eigenvalue weighted by Crippen LogP contribution is -2.14. The molecule has 32 heavy (non-hydrogen) atoms. The Morgan fingerprint density at radius 3 is 1.38 bits per heavy atom. The number of unbranched alkanes of at least 4 members (excludes halogenated alkanes) is 6. The molecule has 0 atom stereocenters. The third-order valence-corrected chi connectivity index (χ3v) is 6.26. The van der Waals surface area contributed by atoms with Crippen molar-refractivity contribution in [2.45, 2.75) is 65.2 Å². The molecule has 0 unspecified atom stereocenters. The number of ketones is 2. The Labute approximate surface area is 190 Å². The first kappa shape index (κ1) is 22.3. The van der Waals surface area contributed by atoms with Crippen molar-refractivity contribution < 1.29 is 19.1 Å². The molecule has 4 heteroatoms. The summed E-state index contributed by atoms with van der Waals surface area (Å²) in [5.41, 5.74) is 3.01. The van der Waals surface area contributed by atoms with Gasteiger partial charge in [-0.1, -0.05) is 52.4 Å². The maximum absolute atomic E-state index is 12.9. The lowest BCUT2D eigenvalue weighted by Gasteiger charge is -2.24. The number of benzene rings is 2. The number of rotatable bonds is 12. The molecule has 0 bridgehead atoms. The molecule has 0 N–H and O–H groups in total. The van der Waals surface area contributed by atoms with Crippen LogP contribution in [0.1, 0.15) is 97.1 Å². The van der Waals surface area contributed by atoms with Crippen molar-refractivity contribution in [2.24, 2.45) is 0 Å². The third-order valence-electron chi connectivity index (χ3n) is 6.26. The fraction of sp³-hybridized carbons (Fsp3) is 0.429. The second-order valence-electron chi connectivity index (χ2n) is 8.64. The zero-order valence-corrected chi connectivity index (χ0v) is 19.2. The van der Waals surface area contributed by atoms with Crippen molar-refractivity contribution in [3.8, 4) is 0 Å². The van der Waals surface area contributed by atoms with Crippen LogP contribution in [-0.2, 0) is 9.47 Å². The summed E-state index contributed by atoms with van der Waals surface area (Å²) in [5, 5.41) is 1.62.